The molecule has 1 amide bonds. The summed E-state index contributed by atoms with van der Waals surface area (Å²) in [6, 6.07) is 12.4. The molecule has 2 saturated heterocycles. The fraction of sp³-hybridized carbons (Fsp3) is 0.500. The van der Waals surface area contributed by atoms with Crippen LogP contribution in [0.25, 0.3) is 0 Å². The molecule has 0 unspecified atom stereocenters. The van der Waals surface area contributed by atoms with Gasteiger partial charge in [0.25, 0.3) is 0 Å². The summed E-state index contributed by atoms with van der Waals surface area (Å²) in [4.78, 5) is 30.6. The average Bonchev–Trinajstić information content (AvgIpc) is 2.92. The number of methoxy groups -OCH3 is 2. The van der Waals surface area contributed by atoms with Crippen LogP contribution in [0.5, 0.6) is 11.5 Å². The Morgan fingerprint density at radius 2 is 1.61 bits per heavy atom. The Bertz CT molecular complexity index is 1000. The number of amides is 1. The van der Waals surface area contributed by atoms with Crippen LogP contribution in [0.4, 0.5) is 5.69 Å². The maximum Gasteiger partial charge on any atom is 0.241 e. The van der Waals surface area contributed by atoms with Gasteiger partial charge in [-0.15, -0.1) is 12.4 Å². The Balaban J connectivity index is 0.00000361. The molecular weight excluding hydrogens is 478 g/mol. The highest BCUT2D eigenvalue weighted by molar-refractivity contribution is 6.11. The Morgan fingerprint density at radius 3 is 2.25 bits per heavy atom. The summed E-state index contributed by atoms with van der Waals surface area (Å²) >= 11 is 0. The van der Waals surface area contributed by atoms with Crippen molar-refractivity contribution in [1.82, 2.24) is 9.80 Å². The molecule has 36 heavy (non-hydrogen) atoms. The number of rotatable bonds is 9. The number of para-hydroxylation sites is 1. The molecule has 2 aromatic carbocycles. The maximum absolute atomic E-state index is 13.1. The number of ether oxygens (including phenoxy) is 2. The minimum Gasteiger partial charge on any atom is -0.497 e. The van der Waals surface area contributed by atoms with Crippen molar-refractivity contribution in [2.45, 2.75) is 32.1 Å². The standard InChI is InChI=1S/C28H37N3O4.ClH/c1-34-23-11-9-22(10-12-23)27(33)24-7-6-8-25(28(24)35-2)29-19-26(32)31-17-13-21(14-18-31)20-30-15-4-3-5-16-30;/h6-12,21,29H,3-5,13-20H2,1-2H3;1H. The zero-order chi connectivity index (χ0) is 24.6. The van der Waals surface area contributed by atoms with Gasteiger partial charge in [-0.25, -0.2) is 0 Å². The Morgan fingerprint density at radius 1 is 0.917 bits per heavy atom. The maximum atomic E-state index is 13.1. The lowest BCUT2D eigenvalue weighted by Gasteiger charge is -2.36. The van der Waals surface area contributed by atoms with Crippen molar-refractivity contribution in [2.24, 2.45) is 5.92 Å². The molecule has 196 valence electrons. The van der Waals surface area contributed by atoms with Crippen LogP contribution in [-0.4, -0.2) is 75.0 Å². The molecule has 2 fully saturated rings. The van der Waals surface area contributed by atoms with Crippen molar-refractivity contribution < 1.29 is 19.1 Å². The first-order valence-corrected chi connectivity index (χ1v) is 12.7. The van der Waals surface area contributed by atoms with E-state index in [2.05, 4.69) is 10.2 Å². The SMILES string of the molecule is COc1ccc(C(=O)c2cccc(NCC(=O)N3CCC(CN4CCCCC4)CC3)c2OC)cc1.Cl. The molecule has 2 aliphatic rings. The second-order valence-corrected chi connectivity index (χ2v) is 9.48. The van der Waals surface area contributed by atoms with Gasteiger partial charge in [-0.1, -0.05) is 12.5 Å². The van der Waals surface area contributed by atoms with Crippen molar-refractivity contribution in [2.75, 3.05) is 58.8 Å². The summed E-state index contributed by atoms with van der Waals surface area (Å²) < 4.78 is 10.8. The summed E-state index contributed by atoms with van der Waals surface area (Å²) in [7, 11) is 3.13. The molecule has 8 heteroatoms. The van der Waals surface area contributed by atoms with Gasteiger partial charge in [0.05, 0.1) is 32.0 Å². The molecule has 0 spiro atoms. The quantitative estimate of drug-likeness (QED) is 0.496. The summed E-state index contributed by atoms with van der Waals surface area (Å²) in [5.74, 6) is 1.76. The first-order valence-electron chi connectivity index (χ1n) is 12.7. The predicted molar refractivity (Wildman–Crippen MR) is 145 cm³/mol. The highest BCUT2D eigenvalue weighted by Gasteiger charge is 2.25. The van der Waals surface area contributed by atoms with Crippen LogP contribution < -0.4 is 14.8 Å². The molecule has 0 saturated carbocycles. The fourth-order valence-corrected chi connectivity index (χ4v) is 5.13. The molecule has 2 aromatic rings. The van der Waals surface area contributed by atoms with Crippen LogP contribution in [0.3, 0.4) is 0 Å². The third-order valence-corrected chi connectivity index (χ3v) is 7.18. The Hall–Kier alpha value is -2.77. The average molecular weight is 516 g/mol. The number of piperidine rings is 2. The number of halogens is 1. The molecule has 7 nitrogen and oxygen atoms in total. The van der Waals surface area contributed by atoms with E-state index in [0.717, 1.165) is 25.9 Å². The number of hydrogen-bond donors (Lipinski definition) is 1. The number of likely N-dealkylation sites (tertiary alicyclic amines) is 2. The first kappa shape index (κ1) is 27.8. The number of anilines is 1. The minimum absolute atomic E-state index is 0. The van der Waals surface area contributed by atoms with E-state index in [1.165, 1.54) is 38.9 Å². The largest absolute Gasteiger partial charge is 0.497 e. The first-order chi connectivity index (χ1) is 17.1. The van der Waals surface area contributed by atoms with Crippen molar-refractivity contribution >= 4 is 29.8 Å². The highest BCUT2D eigenvalue weighted by atomic mass is 35.5. The topological polar surface area (TPSA) is 71.1 Å². The van der Waals surface area contributed by atoms with Gasteiger partial charge in [0, 0.05) is 25.2 Å². The molecule has 0 aromatic heterocycles. The molecule has 1 N–H and O–H groups in total. The van der Waals surface area contributed by atoms with Crippen molar-refractivity contribution in [1.29, 1.82) is 0 Å². The van der Waals surface area contributed by atoms with Crippen molar-refractivity contribution in [3.63, 3.8) is 0 Å². The smallest absolute Gasteiger partial charge is 0.241 e. The molecule has 2 aliphatic heterocycles. The number of carbonyl (C=O) groups excluding carboxylic acids is 2. The van der Waals surface area contributed by atoms with Crippen molar-refractivity contribution in [3.8, 4) is 11.5 Å². The molecule has 0 aliphatic carbocycles. The van der Waals surface area contributed by atoms with E-state index in [0.29, 0.717) is 34.2 Å². The van der Waals surface area contributed by atoms with E-state index < -0.39 is 0 Å². The summed E-state index contributed by atoms with van der Waals surface area (Å²) in [5, 5.41) is 3.21. The zero-order valence-electron chi connectivity index (χ0n) is 21.3. The van der Waals surface area contributed by atoms with E-state index in [4.69, 9.17) is 9.47 Å². The monoisotopic (exact) mass is 515 g/mol. The van der Waals surface area contributed by atoms with Gasteiger partial charge < -0.3 is 24.6 Å². The van der Waals surface area contributed by atoms with Gasteiger partial charge in [0.15, 0.2) is 11.5 Å². The number of carbonyl (C=O) groups is 2. The Kier molecular flexibility index (Phi) is 10.4. The lowest BCUT2D eigenvalue weighted by atomic mass is 9.95. The Labute approximate surface area is 220 Å². The molecular formula is C28H38ClN3O4. The van der Waals surface area contributed by atoms with Crippen molar-refractivity contribution in [3.05, 3.63) is 53.6 Å². The molecule has 2 heterocycles. The van der Waals surface area contributed by atoms with Gasteiger partial charge in [-0.2, -0.15) is 0 Å². The van der Waals surface area contributed by atoms with Gasteiger partial charge in [-0.3, -0.25) is 9.59 Å². The third-order valence-electron chi connectivity index (χ3n) is 7.18. The van der Waals surface area contributed by atoms with E-state index >= 15 is 0 Å². The minimum atomic E-state index is -0.143. The van der Waals surface area contributed by atoms with Crippen LogP contribution in [0, 0.1) is 5.92 Å². The second-order valence-electron chi connectivity index (χ2n) is 9.48. The van der Waals surface area contributed by atoms with Gasteiger partial charge in [-0.05, 0) is 81.1 Å². The van der Waals surface area contributed by atoms with E-state index in [1.54, 1.807) is 50.6 Å². The summed E-state index contributed by atoms with van der Waals surface area (Å²) in [6.07, 6.45) is 6.13. The van der Waals surface area contributed by atoms with E-state index in [1.807, 2.05) is 11.0 Å². The van der Waals surface area contributed by atoms with Crippen LogP contribution in [0.1, 0.15) is 48.0 Å². The molecule has 0 bridgehead atoms. The van der Waals surface area contributed by atoms with Crippen LogP contribution in [0.2, 0.25) is 0 Å². The number of benzene rings is 2. The highest BCUT2D eigenvalue weighted by Crippen LogP contribution is 2.31. The van der Waals surface area contributed by atoms with Crippen LogP contribution >= 0.6 is 12.4 Å². The third kappa shape index (κ3) is 6.92. The fourth-order valence-electron chi connectivity index (χ4n) is 5.13. The van der Waals surface area contributed by atoms with Gasteiger partial charge in [0.1, 0.15) is 5.75 Å². The lowest BCUT2D eigenvalue weighted by Crippen LogP contribution is -2.44. The number of nitrogens with zero attached hydrogens (tertiary/aromatic N) is 2. The summed E-state index contributed by atoms with van der Waals surface area (Å²) in [6.45, 7) is 5.42. The summed E-state index contributed by atoms with van der Waals surface area (Å²) in [5.41, 5.74) is 1.64. The van der Waals surface area contributed by atoms with E-state index in [-0.39, 0.29) is 30.6 Å². The van der Waals surface area contributed by atoms with Crippen LogP contribution in [-0.2, 0) is 4.79 Å². The predicted octanol–water partition coefficient (Wildman–Crippen LogP) is 4.49. The zero-order valence-corrected chi connectivity index (χ0v) is 22.1. The molecule has 4 rings (SSSR count). The number of hydrogen-bond acceptors (Lipinski definition) is 6. The van der Waals surface area contributed by atoms with Gasteiger partial charge >= 0.3 is 0 Å². The lowest BCUT2D eigenvalue weighted by molar-refractivity contribution is -0.130. The van der Waals surface area contributed by atoms with Gasteiger partial charge in [0.2, 0.25) is 5.91 Å². The molecule has 0 radical (unpaired) electrons. The molecule has 0 atom stereocenters. The number of ketones is 1. The van der Waals surface area contributed by atoms with Crippen LogP contribution in [0.15, 0.2) is 42.5 Å². The normalized spacial score (nSPS) is 16.7. The number of nitrogens with one attached hydrogen (secondary N) is 1. The van der Waals surface area contributed by atoms with E-state index in [9.17, 15) is 9.59 Å². The second kappa shape index (κ2) is 13.5.